The minimum absolute atomic E-state index is 0.233. The van der Waals surface area contributed by atoms with Gasteiger partial charge in [-0.1, -0.05) is 0 Å². The Hall–Kier alpha value is -1.79. The molecule has 0 aliphatic carbocycles. The zero-order chi connectivity index (χ0) is 17.5. The van der Waals surface area contributed by atoms with Gasteiger partial charge in [0.25, 0.3) is 0 Å². The van der Waals surface area contributed by atoms with Crippen molar-refractivity contribution in [3.05, 3.63) is 24.3 Å². The minimum atomic E-state index is 0.233. The molecule has 138 valence electrons. The van der Waals surface area contributed by atoms with Gasteiger partial charge in [-0.25, -0.2) is 0 Å². The van der Waals surface area contributed by atoms with Crippen LogP contribution in [0.5, 0.6) is 5.75 Å². The Kier molecular flexibility index (Phi) is 6.53. The van der Waals surface area contributed by atoms with Crippen molar-refractivity contribution in [2.75, 3.05) is 64.8 Å². The molecule has 1 aromatic rings. The molecule has 2 heterocycles. The van der Waals surface area contributed by atoms with E-state index in [1.165, 1.54) is 0 Å². The molecule has 2 saturated heterocycles. The molecule has 2 fully saturated rings. The van der Waals surface area contributed by atoms with E-state index in [1.807, 2.05) is 31.3 Å². The van der Waals surface area contributed by atoms with Crippen molar-refractivity contribution in [1.29, 1.82) is 0 Å². The largest absolute Gasteiger partial charge is 0.492 e. The summed E-state index contributed by atoms with van der Waals surface area (Å²) in [5.74, 6) is 1.50. The molecule has 6 heteroatoms. The van der Waals surface area contributed by atoms with Gasteiger partial charge in [0.15, 0.2) is 0 Å². The van der Waals surface area contributed by atoms with Crippen molar-refractivity contribution in [3.63, 3.8) is 0 Å². The van der Waals surface area contributed by atoms with Gasteiger partial charge in [-0.05, 0) is 50.2 Å². The van der Waals surface area contributed by atoms with Crippen LogP contribution in [0, 0.1) is 5.92 Å². The lowest BCUT2D eigenvalue weighted by Crippen LogP contribution is -2.52. The molecule has 0 spiro atoms. The second-order valence-electron chi connectivity index (χ2n) is 6.81. The van der Waals surface area contributed by atoms with Crippen molar-refractivity contribution < 1.29 is 9.53 Å². The Bertz CT molecular complexity index is 535. The summed E-state index contributed by atoms with van der Waals surface area (Å²) in [6, 6.07) is 8.00. The van der Waals surface area contributed by atoms with Crippen LogP contribution < -0.4 is 15.4 Å². The topological polar surface area (TPSA) is 56.8 Å². The maximum atomic E-state index is 12.6. The molecular weight excluding hydrogens is 316 g/mol. The molecule has 2 aliphatic heterocycles. The predicted octanol–water partition coefficient (Wildman–Crippen LogP) is 1.25. The Balaban J connectivity index is 1.35. The number of carbonyl (C=O) groups excluding carboxylic acids is 1. The van der Waals surface area contributed by atoms with Gasteiger partial charge < -0.3 is 20.3 Å². The molecule has 1 amide bonds. The molecule has 2 N–H and O–H groups in total. The monoisotopic (exact) mass is 346 g/mol. The lowest BCUT2D eigenvalue weighted by Gasteiger charge is -2.37. The number of piperidine rings is 1. The maximum absolute atomic E-state index is 12.6. The molecule has 2 aliphatic rings. The molecule has 6 nitrogen and oxygen atoms in total. The number of carbonyl (C=O) groups is 1. The van der Waals surface area contributed by atoms with E-state index in [4.69, 9.17) is 4.74 Å². The number of hydrogen-bond donors (Lipinski definition) is 2. The van der Waals surface area contributed by atoms with E-state index in [2.05, 4.69) is 20.4 Å². The number of amides is 1. The quantitative estimate of drug-likeness (QED) is 0.812. The fourth-order valence-corrected chi connectivity index (χ4v) is 3.53. The molecule has 0 bridgehead atoms. The first-order chi connectivity index (χ1) is 12.3. The van der Waals surface area contributed by atoms with E-state index < -0.39 is 0 Å². The average Bonchev–Trinajstić information content (AvgIpc) is 2.69. The fourth-order valence-electron chi connectivity index (χ4n) is 3.53. The van der Waals surface area contributed by atoms with Crippen molar-refractivity contribution in [1.82, 2.24) is 15.1 Å². The molecule has 0 saturated carbocycles. The number of hydrogen-bond acceptors (Lipinski definition) is 5. The highest BCUT2D eigenvalue weighted by molar-refractivity contribution is 5.79. The van der Waals surface area contributed by atoms with Crippen LogP contribution in [0.4, 0.5) is 5.69 Å². The summed E-state index contributed by atoms with van der Waals surface area (Å²) < 4.78 is 5.82. The molecule has 0 aromatic heterocycles. The lowest BCUT2D eigenvalue weighted by molar-refractivity contribution is -0.138. The van der Waals surface area contributed by atoms with E-state index >= 15 is 0 Å². The third kappa shape index (κ3) is 5.09. The Morgan fingerprint density at radius 1 is 1.16 bits per heavy atom. The van der Waals surface area contributed by atoms with Gasteiger partial charge in [0.05, 0.1) is 0 Å². The molecule has 0 atom stereocenters. The first kappa shape index (κ1) is 18.0. The number of rotatable bonds is 6. The summed E-state index contributed by atoms with van der Waals surface area (Å²) >= 11 is 0. The van der Waals surface area contributed by atoms with Crippen molar-refractivity contribution in [2.45, 2.75) is 12.8 Å². The second kappa shape index (κ2) is 9.06. The van der Waals surface area contributed by atoms with Gasteiger partial charge in [-0.3, -0.25) is 9.69 Å². The fraction of sp³-hybridized carbons (Fsp3) is 0.632. The van der Waals surface area contributed by atoms with E-state index in [0.717, 1.165) is 70.1 Å². The third-order valence-corrected chi connectivity index (χ3v) is 5.19. The van der Waals surface area contributed by atoms with Crippen LogP contribution in [0.1, 0.15) is 12.8 Å². The third-order valence-electron chi connectivity index (χ3n) is 5.19. The molecular formula is C19H30N4O2. The van der Waals surface area contributed by atoms with E-state index in [9.17, 15) is 4.79 Å². The molecule has 1 aromatic carbocycles. The number of nitrogens with zero attached hydrogens (tertiary/aromatic N) is 2. The Morgan fingerprint density at radius 3 is 2.48 bits per heavy atom. The SMILES string of the molecule is CNc1ccc(OCCN2CCN(C(=O)C3CCNCC3)CC2)cc1. The summed E-state index contributed by atoms with van der Waals surface area (Å²) in [5.41, 5.74) is 1.09. The van der Waals surface area contributed by atoms with Crippen LogP contribution in [0.3, 0.4) is 0 Å². The van der Waals surface area contributed by atoms with Crippen molar-refractivity contribution >= 4 is 11.6 Å². The summed E-state index contributed by atoms with van der Waals surface area (Å²) in [6.45, 7) is 7.12. The highest BCUT2D eigenvalue weighted by atomic mass is 16.5. The first-order valence-electron chi connectivity index (χ1n) is 9.39. The lowest BCUT2D eigenvalue weighted by atomic mass is 9.96. The van der Waals surface area contributed by atoms with Gasteiger partial charge in [0.1, 0.15) is 12.4 Å². The van der Waals surface area contributed by atoms with Crippen LogP contribution in [0.15, 0.2) is 24.3 Å². The molecule has 0 radical (unpaired) electrons. The minimum Gasteiger partial charge on any atom is -0.492 e. The van der Waals surface area contributed by atoms with Gasteiger partial charge in [0.2, 0.25) is 5.91 Å². The number of piperazine rings is 1. The highest BCUT2D eigenvalue weighted by Gasteiger charge is 2.28. The van der Waals surface area contributed by atoms with E-state index in [-0.39, 0.29) is 5.92 Å². The highest BCUT2D eigenvalue weighted by Crippen LogP contribution is 2.17. The number of anilines is 1. The van der Waals surface area contributed by atoms with Gasteiger partial charge >= 0.3 is 0 Å². The number of benzene rings is 1. The zero-order valence-corrected chi connectivity index (χ0v) is 15.2. The van der Waals surface area contributed by atoms with Crippen LogP contribution in [0.25, 0.3) is 0 Å². The van der Waals surface area contributed by atoms with Crippen molar-refractivity contribution in [3.8, 4) is 5.75 Å². The van der Waals surface area contributed by atoms with Gasteiger partial charge in [0, 0.05) is 51.4 Å². The van der Waals surface area contributed by atoms with E-state index in [1.54, 1.807) is 0 Å². The summed E-state index contributed by atoms with van der Waals surface area (Å²) in [6.07, 6.45) is 1.97. The van der Waals surface area contributed by atoms with E-state index in [0.29, 0.717) is 12.5 Å². The maximum Gasteiger partial charge on any atom is 0.225 e. The van der Waals surface area contributed by atoms with Gasteiger partial charge in [-0.2, -0.15) is 0 Å². The van der Waals surface area contributed by atoms with Crippen molar-refractivity contribution in [2.24, 2.45) is 5.92 Å². The summed E-state index contributed by atoms with van der Waals surface area (Å²) in [5, 5.41) is 6.43. The van der Waals surface area contributed by atoms with Crippen LogP contribution >= 0.6 is 0 Å². The van der Waals surface area contributed by atoms with Gasteiger partial charge in [-0.15, -0.1) is 0 Å². The Labute approximate surface area is 150 Å². The smallest absolute Gasteiger partial charge is 0.225 e. The molecule has 3 rings (SSSR count). The number of ether oxygens (including phenoxy) is 1. The Morgan fingerprint density at radius 2 is 1.84 bits per heavy atom. The standard InChI is InChI=1S/C19H30N4O2/c1-20-17-2-4-18(5-3-17)25-15-14-22-10-12-23(13-11-22)19(24)16-6-8-21-9-7-16/h2-5,16,20-21H,6-15H2,1H3. The molecule has 25 heavy (non-hydrogen) atoms. The van der Waals surface area contributed by atoms with Crippen LogP contribution in [-0.2, 0) is 4.79 Å². The first-order valence-corrected chi connectivity index (χ1v) is 9.39. The number of nitrogens with one attached hydrogen (secondary N) is 2. The zero-order valence-electron chi connectivity index (χ0n) is 15.2. The average molecular weight is 346 g/mol. The predicted molar refractivity (Wildman–Crippen MR) is 100 cm³/mol. The summed E-state index contributed by atoms with van der Waals surface area (Å²) in [7, 11) is 1.91. The molecule has 0 unspecified atom stereocenters. The van der Waals surface area contributed by atoms with Crippen LogP contribution in [-0.4, -0.2) is 75.2 Å². The summed E-state index contributed by atoms with van der Waals surface area (Å²) in [4.78, 5) is 17.0. The normalized spacial score (nSPS) is 19.6. The van der Waals surface area contributed by atoms with Crippen LogP contribution in [0.2, 0.25) is 0 Å². The second-order valence-corrected chi connectivity index (χ2v) is 6.81.